The van der Waals surface area contributed by atoms with E-state index in [0.717, 1.165) is 6.20 Å². The Bertz CT molecular complexity index is 380. The van der Waals surface area contributed by atoms with Crippen LogP contribution in [0.5, 0.6) is 5.75 Å². The van der Waals surface area contributed by atoms with E-state index < -0.39 is 10.5 Å². The smallest absolute Gasteiger partial charge is 0.357 e. The molecule has 0 spiro atoms. The van der Waals surface area contributed by atoms with Gasteiger partial charge in [-0.2, -0.15) is 8.42 Å². The molecule has 66 valence electrons. The SMILES string of the molecule is O=S(=O)(F)Oc1cncc(Br)c1. The highest BCUT2D eigenvalue weighted by Crippen LogP contribution is 2.17. The lowest BCUT2D eigenvalue weighted by Crippen LogP contribution is -2.01. The molecule has 1 heterocycles. The predicted molar refractivity (Wildman–Crippen MR) is 42.6 cm³/mol. The van der Waals surface area contributed by atoms with Gasteiger partial charge in [-0.1, -0.05) is 3.89 Å². The van der Waals surface area contributed by atoms with E-state index in [2.05, 4.69) is 25.1 Å². The van der Waals surface area contributed by atoms with Gasteiger partial charge >= 0.3 is 10.5 Å². The van der Waals surface area contributed by atoms with Crippen molar-refractivity contribution in [2.24, 2.45) is 0 Å². The van der Waals surface area contributed by atoms with Crippen LogP contribution >= 0.6 is 15.9 Å². The number of rotatable bonds is 2. The first kappa shape index (κ1) is 9.40. The highest BCUT2D eigenvalue weighted by atomic mass is 79.9. The molecule has 0 atom stereocenters. The van der Waals surface area contributed by atoms with Crippen molar-refractivity contribution >= 4 is 26.4 Å². The van der Waals surface area contributed by atoms with Gasteiger partial charge in [0, 0.05) is 10.7 Å². The lowest BCUT2D eigenvalue weighted by Gasteiger charge is -1.97. The zero-order valence-electron chi connectivity index (χ0n) is 5.57. The molecule has 1 aromatic heterocycles. The summed E-state index contributed by atoms with van der Waals surface area (Å²) < 4.78 is 36.3. The average Bonchev–Trinajstić information content (AvgIpc) is 1.82. The van der Waals surface area contributed by atoms with E-state index >= 15 is 0 Å². The summed E-state index contributed by atoms with van der Waals surface area (Å²) in [6.45, 7) is 0. The molecule has 0 radical (unpaired) electrons. The summed E-state index contributed by atoms with van der Waals surface area (Å²) in [6.07, 6.45) is 2.50. The summed E-state index contributed by atoms with van der Waals surface area (Å²) in [5, 5.41) is 0. The fraction of sp³-hybridized carbons (Fsp3) is 0. The average molecular weight is 256 g/mol. The fourth-order valence-electron chi connectivity index (χ4n) is 0.553. The van der Waals surface area contributed by atoms with Crippen molar-refractivity contribution in [1.29, 1.82) is 0 Å². The molecule has 12 heavy (non-hydrogen) atoms. The molecule has 0 N–H and O–H groups in total. The third-order valence-electron chi connectivity index (χ3n) is 0.876. The Morgan fingerprint density at radius 2 is 2.17 bits per heavy atom. The second-order valence-corrected chi connectivity index (χ2v) is 3.68. The molecule has 0 aliphatic rings. The van der Waals surface area contributed by atoms with E-state index in [1.165, 1.54) is 12.3 Å². The lowest BCUT2D eigenvalue weighted by atomic mass is 10.5. The number of halogens is 2. The molecule has 0 saturated heterocycles. The number of hydrogen-bond acceptors (Lipinski definition) is 4. The number of pyridine rings is 1. The minimum Gasteiger partial charge on any atom is -0.357 e. The normalized spacial score (nSPS) is 11.2. The Morgan fingerprint density at radius 1 is 1.50 bits per heavy atom. The molecular weight excluding hydrogens is 253 g/mol. The van der Waals surface area contributed by atoms with Crippen LogP contribution in [0.3, 0.4) is 0 Å². The molecule has 0 aliphatic heterocycles. The van der Waals surface area contributed by atoms with E-state index in [-0.39, 0.29) is 5.75 Å². The van der Waals surface area contributed by atoms with E-state index in [0.29, 0.717) is 4.47 Å². The molecule has 0 fully saturated rings. The van der Waals surface area contributed by atoms with Crippen LogP contribution < -0.4 is 4.18 Å². The Labute approximate surface area is 76.9 Å². The van der Waals surface area contributed by atoms with Gasteiger partial charge in [0.25, 0.3) is 0 Å². The molecular formula is C5H3BrFNO3S. The zero-order valence-corrected chi connectivity index (χ0v) is 7.97. The Balaban J connectivity index is 2.91. The van der Waals surface area contributed by atoms with Gasteiger partial charge in [0.2, 0.25) is 0 Å². The molecule has 0 aromatic carbocycles. The third-order valence-corrected chi connectivity index (χ3v) is 1.70. The minimum absolute atomic E-state index is 0.174. The van der Waals surface area contributed by atoms with Crippen molar-refractivity contribution in [2.45, 2.75) is 0 Å². The number of aromatic nitrogens is 1. The molecule has 0 amide bonds. The van der Waals surface area contributed by atoms with E-state index in [1.54, 1.807) is 0 Å². The Kier molecular flexibility index (Phi) is 2.63. The third kappa shape index (κ3) is 3.14. The van der Waals surface area contributed by atoms with Crippen LogP contribution in [-0.2, 0) is 10.5 Å². The molecule has 1 aromatic rings. The molecule has 4 nitrogen and oxygen atoms in total. The fourth-order valence-corrected chi connectivity index (χ4v) is 1.22. The summed E-state index contributed by atoms with van der Waals surface area (Å²) in [4.78, 5) is 3.57. The van der Waals surface area contributed by atoms with Crippen molar-refractivity contribution in [3.05, 3.63) is 22.9 Å². The van der Waals surface area contributed by atoms with Crippen molar-refractivity contribution in [3.8, 4) is 5.75 Å². The summed E-state index contributed by atoms with van der Waals surface area (Å²) in [7, 11) is -4.95. The first-order valence-electron chi connectivity index (χ1n) is 2.72. The second kappa shape index (κ2) is 3.36. The summed E-state index contributed by atoms with van der Waals surface area (Å²) in [5.41, 5.74) is 0. The van der Waals surface area contributed by atoms with Crippen LogP contribution in [0.2, 0.25) is 0 Å². The number of hydrogen-bond donors (Lipinski definition) is 0. The van der Waals surface area contributed by atoms with Crippen LogP contribution in [-0.4, -0.2) is 13.4 Å². The second-order valence-electron chi connectivity index (χ2n) is 1.82. The van der Waals surface area contributed by atoms with Crippen molar-refractivity contribution < 1.29 is 16.5 Å². The van der Waals surface area contributed by atoms with Gasteiger partial charge in [-0.05, 0) is 22.0 Å². The molecule has 0 aliphatic carbocycles. The zero-order chi connectivity index (χ0) is 9.19. The quantitative estimate of drug-likeness (QED) is 0.751. The molecule has 7 heteroatoms. The minimum atomic E-state index is -4.95. The monoisotopic (exact) mass is 255 g/mol. The summed E-state index contributed by atoms with van der Waals surface area (Å²) in [5.74, 6) is -0.174. The van der Waals surface area contributed by atoms with Crippen molar-refractivity contribution in [3.63, 3.8) is 0 Å². The van der Waals surface area contributed by atoms with Gasteiger partial charge in [-0.25, -0.2) is 0 Å². The predicted octanol–water partition coefficient (Wildman–Crippen LogP) is 1.44. The van der Waals surface area contributed by atoms with Crippen LogP contribution in [0.4, 0.5) is 3.89 Å². The van der Waals surface area contributed by atoms with Crippen molar-refractivity contribution in [2.75, 3.05) is 0 Å². The maximum absolute atomic E-state index is 11.9. The van der Waals surface area contributed by atoms with Gasteiger partial charge < -0.3 is 4.18 Å². The standard InChI is InChI=1S/C5H3BrFNO3S/c6-4-1-5(3-8-2-4)11-12(7,9)10/h1-3H. The summed E-state index contributed by atoms with van der Waals surface area (Å²) >= 11 is 3.01. The van der Waals surface area contributed by atoms with E-state index in [9.17, 15) is 12.3 Å². The van der Waals surface area contributed by atoms with Gasteiger partial charge in [0.15, 0.2) is 5.75 Å². The van der Waals surface area contributed by atoms with E-state index in [1.807, 2.05) is 0 Å². The molecule has 0 unspecified atom stereocenters. The maximum Gasteiger partial charge on any atom is 0.488 e. The van der Waals surface area contributed by atoms with Crippen molar-refractivity contribution in [1.82, 2.24) is 4.98 Å². The maximum atomic E-state index is 11.9. The van der Waals surface area contributed by atoms with Gasteiger partial charge in [-0.3, -0.25) is 4.98 Å². The molecule has 0 bridgehead atoms. The van der Waals surface area contributed by atoms with Gasteiger partial charge in [-0.15, -0.1) is 0 Å². The Hall–Kier alpha value is -0.690. The van der Waals surface area contributed by atoms with Crippen LogP contribution in [0.1, 0.15) is 0 Å². The van der Waals surface area contributed by atoms with Crippen LogP contribution in [0.25, 0.3) is 0 Å². The first-order valence-corrected chi connectivity index (χ1v) is 4.82. The lowest BCUT2D eigenvalue weighted by molar-refractivity contribution is 0.439. The highest BCUT2D eigenvalue weighted by Gasteiger charge is 2.09. The molecule has 0 saturated carbocycles. The van der Waals surface area contributed by atoms with Gasteiger partial charge in [0.05, 0.1) is 6.20 Å². The highest BCUT2D eigenvalue weighted by molar-refractivity contribution is 9.10. The molecule has 1 rings (SSSR count). The van der Waals surface area contributed by atoms with Gasteiger partial charge in [0.1, 0.15) is 0 Å². The van der Waals surface area contributed by atoms with Crippen LogP contribution in [0.15, 0.2) is 22.9 Å². The first-order chi connectivity index (χ1) is 5.47. The number of nitrogens with zero attached hydrogens (tertiary/aromatic N) is 1. The van der Waals surface area contributed by atoms with E-state index in [4.69, 9.17) is 0 Å². The largest absolute Gasteiger partial charge is 0.488 e. The summed E-state index contributed by atoms with van der Waals surface area (Å²) in [6, 6.07) is 1.28. The van der Waals surface area contributed by atoms with Crippen LogP contribution in [0, 0.1) is 0 Å². The Morgan fingerprint density at radius 3 is 2.67 bits per heavy atom. The topological polar surface area (TPSA) is 56.3 Å².